The van der Waals surface area contributed by atoms with Gasteiger partial charge in [-0.3, -0.25) is 0 Å². The largest absolute Gasteiger partial charge is 0.508 e. The molecule has 0 unspecified atom stereocenters. The van der Waals surface area contributed by atoms with Gasteiger partial charge in [0.1, 0.15) is 5.75 Å². The summed E-state index contributed by atoms with van der Waals surface area (Å²) in [4.78, 5) is 0. The second-order valence-electron chi connectivity index (χ2n) is 4.98. The van der Waals surface area contributed by atoms with Crippen molar-refractivity contribution in [1.29, 1.82) is 0 Å². The average Bonchev–Trinajstić information content (AvgIpc) is 2.89. The van der Waals surface area contributed by atoms with Crippen LogP contribution < -0.4 is 10.6 Å². The average molecular weight is 254 g/mol. The van der Waals surface area contributed by atoms with Crippen LogP contribution in [0.4, 0.5) is 11.4 Å². The van der Waals surface area contributed by atoms with Crippen LogP contribution in [0, 0.1) is 6.92 Å². The highest BCUT2D eigenvalue weighted by atomic mass is 16.3. The number of benzene rings is 2. The van der Waals surface area contributed by atoms with Gasteiger partial charge in [-0.1, -0.05) is 18.2 Å². The van der Waals surface area contributed by atoms with Crippen LogP contribution in [0.5, 0.6) is 5.75 Å². The molecule has 0 spiro atoms. The molecule has 0 atom stereocenters. The zero-order valence-electron chi connectivity index (χ0n) is 11.0. The number of anilines is 2. The molecule has 0 radical (unpaired) electrons. The predicted octanol–water partition coefficient (Wildman–Crippen LogP) is 3.28. The SMILES string of the molecule is Cc1cc(NCc2cccc3c2NCC3)ccc1O. The van der Waals surface area contributed by atoms with E-state index in [1.54, 1.807) is 6.07 Å². The van der Waals surface area contributed by atoms with Crippen molar-refractivity contribution in [3.05, 3.63) is 53.1 Å². The standard InChI is InChI=1S/C16H18N2O/c1-11-9-14(5-6-15(11)19)18-10-13-4-2-3-12-7-8-17-16(12)13/h2-6,9,17-19H,7-8,10H2,1H3. The molecule has 0 aliphatic carbocycles. The van der Waals surface area contributed by atoms with Crippen molar-refractivity contribution in [2.75, 3.05) is 17.2 Å². The highest BCUT2D eigenvalue weighted by molar-refractivity contribution is 5.62. The van der Waals surface area contributed by atoms with E-state index in [-0.39, 0.29) is 0 Å². The van der Waals surface area contributed by atoms with Crippen LogP contribution in [0.2, 0.25) is 0 Å². The molecule has 3 N–H and O–H groups in total. The quantitative estimate of drug-likeness (QED) is 0.736. The summed E-state index contributed by atoms with van der Waals surface area (Å²) in [7, 11) is 0. The summed E-state index contributed by atoms with van der Waals surface area (Å²) in [5.74, 6) is 0.341. The molecule has 1 heterocycles. The van der Waals surface area contributed by atoms with Gasteiger partial charge >= 0.3 is 0 Å². The Bertz CT molecular complexity index is 608. The summed E-state index contributed by atoms with van der Waals surface area (Å²) in [6, 6.07) is 12.0. The van der Waals surface area contributed by atoms with Crippen molar-refractivity contribution in [3.63, 3.8) is 0 Å². The molecule has 19 heavy (non-hydrogen) atoms. The summed E-state index contributed by atoms with van der Waals surface area (Å²) < 4.78 is 0. The van der Waals surface area contributed by atoms with Gasteiger partial charge in [0.2, 0.25) is 0 Å². The van der Waals surface area contributed by atoms with Gasteiger partial charge in [-0.2, -0.15) is 0 Å². The molecule has 1 aliphatic rings. The summed E-state index contributed by atoms with van der Waals surface area (Å²) in [5.41, 5.74) is 5.90. The topological polar surface area (TPSA) is 44.3 Å². The van der Waals surface area contributed by atoms with E-state index in [0.717, 1.165) is 30.8 Å². The highest BCUT2D eigenvalue weighted by Crippen LogP contribution is 2.27. The molecule has 3 rings (SSSR count). The Labute approximate surface area is 113 Å². The molecule has 3 heteroatoms. The number of hydrogen-bond acceptors (Lipinski definition) is 3. The number of aryl methyl sites for hydroxylation is 1. The van der Waals surface area contributed by atoms with E-state index in [1.165, 1.54) is 16.8 Å². The van der Waals surface area contributed by atoms with Crippen molar-refractivity contribution in [1.82, 2.24) is 0 Å². The van der Waals surface area contributed by atoms with Gasteiger partial charge in [0, 0.05) is 24.5 Å². The van der Waals surface area contributed by atoms with Crippen LogP contribution in [0.25, 0.3) is 0 Å². The second kappa shape index (κ2) is 4.84. The normalized spacial score (nSPS) is 12.9. The van der Waals surface area contributed by atoms with Gasteiger partial charge in [0.05, 0.1) is 0 Å². The maximum atomic E-state index is 9.52. The lowest BCUT2D eigenvalue weighted by Gasteiger charge is -2.12. The van der Waals surface area contributed by atoms with Crippen LogP contribution in [-0.2, 0) is 13.0 Å². The first-order chi connectivity index (χ1) is 9.24. The maximum Gasteiger partial charge on any atom is 0.118 e. The Morgan fingerprint density at radius 1 is 1.26 bits per heavy atom. The summed E-state index contributed by atoms with van der Waals surface area (Å²) >= 11 is 0. The molecule has 98 valence electrons. The Morgan fingerprint density at radius 3 is 3.00 bits per heavy atom. The number of fused-ring (bicyclic) bond motifs is 1. The van der Waals surface area contributed by atoms with Gasteiger partial charge < -0.3 is 15.7 Å². The van der Waals surface area contributed by atoms with Crippen molar-refractivity contribution in [2.24, 2.45) is 0 Å². The molecule has 3 nitrogen and oxygen atoms in total. The minimum Gasteiger partial charge on any atom is -0.508 e. The first-order valence-electron chi connectivity index (χ1n) is 6.62. The van der Waals surface area contributed by atoms with Crippen molar-refractivity contribution in [2.45, 2.75) is 19.9 Å². The van der Waals surface area contributed by atoms with Crippen molar-refractivity contribution < 1.29 is 5.11 Å². The molecule has 1 aliphatic heterocycles. The first-order valence-corrected chi connectivity index (χ1v) is 6.62. The Hall–Kier alpha value is -2.16. The zero-order valence-corrected chi connectivity index (χ0v) is 11.0. The number of hydrogen-bond donors (Lipinski definition) is 3. The van der Waals surface area contributed by atoms with Crippen LogP contribution in [0.1, 0.15) is 16.7 Å². The number of aromatic hydroxyl groups is 1. The smallest absolute Gasteiger partial charge is 0.118 e. The summed E-state index contributed by atoms with van der Waals surface area (Å²) in [6.45, 7) is 3.73. The molecule has 0 fully saturated rings. The van der Waals surface area contributed by atoms with Gasteiger partial charge in [-0.15, -0.1) is 0 Å². The third-order valence-corrected chi connectivity index (χ3v) is 3.61. The first kappa shape index (κ1) is 11.9. The molecule has 0 saturated carbocycles. The van der Waals surface area contributed by atoms with Gasteiger partial charge in [-0.05, 0) is 48.2 Å². The van der Waals surface area contributed by atoms with E-state index in [1.807, 2.05) is 19.1 Å². The monoisotopic (exact) mass is 254 g/mol. The molecule has 2 aromatic rings. The molecule has 0 bridgehead atoms. The highest BCUT2D eigenvalue weighted by Gasteiger charge is 2.13. The zero-order chi connectivity index (χ0) is 13.2. The van der Waals surface area contributed by atoms with Gasteiger partial charge in [0.25, 0.3) is 0 Å². The maximum absolute atomic E-state index is 9.52. The van der Waals surface area contributed by atoms with E-state index in [0.29, 0.717) is 5.75 Å². The molecule has 0 saturated heterocycles. The van der Waals surface area contributed by atoms with Crippen LogP contribution in [-0.4, -0.2) is 11.7 Å². The molecular weight excluding hydrogens is 236 g/mol. The van der Waals surface area contributed by atoms with E-state index < -0.39 is 0 Å². The summed E-state index contributed by atoms with van der Waals surface area (Å²) in [6.07, 6.45) is 1.11. The summed E-state index contributed by atoms with van der Waals surface area (Å²) in [5, 5.41) is 16.4. The lowest BCUT2D eigenvalue weighted by atomic mass is 10.1. The lowest BCUT2D eigenvalue weighted by Crippen LogP contribution is -2.03. The van der Waals surface area contributed by atoms with Crippen LogP contribution >= 0.6 is 0 Å². The minimum atomic E-state index is 0.341. The number of rotatable bonds is 3. The van der Waals surface area contributed by atoms with Crippen molar-refractivity contribution >= 4 is 11.4 Å². The Balaban J connectivity index is 1.76. The third-order valence-electron chi connectivity index (χ3n) is 3.61. The van der Waals surface area contributed by atoms with Crippen LogP contribution in [0.15, 0.2) is 36.4 Å². The number of nitrogens with one attached hydrogen (secondary N) is 2. The Kier molecular flexibility index (Phi) is 3.03. The fourth-order valence-corrected chi connectivity index (χ4v) is 2.52. The number of phenols is 1. The van der Waals surface area contributed by atoms with Gasteiger partial charge in [0.15, 0.2) is 0 Å². The second-order valence-corrected chi connectivity index (χ2v) is 4.98. The van der Waals surface area contributed by atoms with Crippen molar-refractivity contribution in [3.8, 4) is 5.75 Å². The van der Waals surface area contributed by atoms with E-state index in [4.69, 9.17) is 0 Å². The van der Waals surface area contributed by atoms with E-state index in [9.17, 15) is 5.11 Å². The molecule has 2 aromatic carbocycles. The third kappa shape index (κ3) is 2.36. The molecule has 0 aromatic heterocycles. The fraction of sp³-hybridized carbons (Fsp3) is 0.250. The minimum absolute atomic E-state index is 0.341. The lowest BCUT2D eigenvalue weighted by molar-refractivity contribution is 0.471. The van der Waals surface area contributed by atoms with E-state index in [2.05, 4.69) is 28.8 Å². The number of phenolic OH excluding ortho intramolecular Hbond substituents is 1. The predicted molar refractivity (Wildman–Crippen MR) is 78.8 cm³/mol. The molecule has 0 amide bonds. The van der Waals surface area contributed by atoms with E-state index >= 15 is 0 Å². The Morgan fingerprint density at radius 2 is 2.16 bits per heavy atom. The number of para-hydroxylation sites is 1. The van der Waals surface area contributed by atoms with Crippen LogP contribution in [0.3, 0.4) is 0 Å². The fourth-order valence-electron chi connectivity index (χ4n) is 2.52. The van der Waals surface area contributed by atoms with Gasteiger partial charge in [-0.25, -0.2) is 0 Å². The molecular formula is C16H18N2O.